The molecule has 0 bridgehead atoms. The van der Waals surface area contributed by atoms with Crippen LogP contribution in [0.5, 0.6) is 0 Å². The van der Waals surface area contributed by atoms with Gasteiger partial charge >= 0.3 is 0 Å². The lowest BCUT2D eigenvalue weighted by Gasteiger charge is -2.09. The molecule has 1 rings (SSSR count). The molecule has 0 aliphatic rings. The fraction of sp³-hybridized carbons (Fsp3) is 0.600. The quantitative estimate of drug-likeness (QED) is 0.783. The van der Waals surface area contributed by atoms with Crippen LogP contribution < -0.4 is 11.1 Å². The normalized spacial score (nSPS) is 10.8. The van der Waals surface area contributed by atoms with Gasteiger partial charge in [0, 0.05) is 13.2 Å². The zero-order valence-corrected chi connectivity index (χ0v) is 11.1. The summed E-state index contributed by atoms with van der Waals surface area (Å²) >= 11 is 3.32. The number of rotatable bonds is 6. The van der Waals surface area contributed by atoms with Gasteiger partial charge < -0.3 is 15.8 Å². The van der Waals surface area contributed by atoms with Crippen molar-refractivity contribution in [3.05, 3.63) is 10.8 Å². The van der Waals surface area contributed by atoms with Gasteiger partial charge in [-0.3, -0.25) is 0 Å². The molecule has 0 fully saturated rings. The van der Waals surface area contributed by atoms with E-state index in [4.69, 9.17) is 10.5 Å². The van der Waals surface area contributed by atoms with E-state index in [1.54, 1.807) is 0 Å². The molecule has 0 spiro atoms. The molecular weight excluding hydrogens is 272 g/mol. The van der Waals surface area contributed by atoms with E-state index in [1.807, 2.05) is 0 Å². The largest absolute Gasteiger partial charge is 0.383 e. The van der Waals surface area contributed by atoms with E-state index in [9.17, 15) is 0 Å². The summed E-state index contributed by atoms with van der Waals surface area (Å²) in [5.41, 5.74) is 5.62. The van der Waals surface area contributed by atoms with E-state index in [2.05, 4.69) is 45.1 Å². The average molecular weight is 289 g/mol. The molecule has 0 unspecified atom stereocenters. The molecule has 1 heterocycles. The molecule has 3 N–H and O–H groups in total. The monoisotopic (exact) mass is 288 g/mol. The van der Waals surface area contributed by atoms with Crippen molar-refractivity contribution < 1.29 is 4.74 Å². The lowest BCUT2D eigenvalue weighted by Crippen LogP contribution is -2.13. The highest BCUT2D eigenvalue weighted by molar-refractivity contribution is 9.10. The van der Waals surface area contributed by atoms with Crippen molar-refractivity contribution in [2.24, 2.45) is 5.92 Å². The van der Waals surface area contributed by atoms with Crippen molar-refractivity contribution in [2.45, 2.75) is 13.8 Å². The standard InChI is InChI=1S/C10H17BrN4O/c1-7(2)5-16-4-3-13-10-8(11)9(12)14-6-15-10/h6-7H,3-5H2,1-2H3,(H3,12,13,14,15). The zero-order chi connectivity index (χ0) is 12.0. The fourth-order valence-electron chi connectivity index (χ4n) is 1.07. The van der Waals surface area contributed by atoms with Crippen LogP contribution in [0.3, 0.4) is 0 Å². The molecule has 0 saturated heterocycles. The molecule has 0 aliphatic carbocycles. The van der Waals surface area contributed by atoms with E-state index in [-0.39, 0.29) is 0 Å². The summed E-state index contributed by atoms with van der Waals surface area (Å²) in [6.45, 7) is 6.36. The SMILES string of the molecule is CC(C)COCCNc1ncnc(N)c1Br. The van der Waals surface area contributed by atoms with Crippen LogP contribution in [0.15, 0.2) is 10.8 Å². The maximum Gasteiger partial charge on any atom is 0.146 e. The van der Waals surface area contributed by atoms with E-state index in [0.29, 0.717) is 35.2 Å². The van der Waals surface area contributed by atoms with E-state index >= 15 is 0 Å². The van der Waals surface area contributed by atoms with Crippen LogP contribution >= 0.6 is 15.9 Å². The van der Waals surface area contributed by atoms with Crippen LogP contribution in [0.2, 0.25) is 0 Å². The summed E-state index contributed by atoms with van der Waals surface area (Å²) in [5, 5.41) is 3.12. The summed E-state index contributed by atoms with van der Waals surface area (Å²) in [7, 11) is 0. The number of ether oxygens (including phenoxy) is 1. The van der Waals surface area contributed by atoms with Crippen LogP contribution in [0.25, 0.3) is 0 Å². The summed E-state index contributed by atoms with van der Waals surface area (Å²) in [4.78, 5) is 7.92. The first-order chi connectivity index (χ1) is 7.61. The molecule has 16 heavy (non-hydrogen) atoms. The molecule has 0 atom stereocenters. The van der Waals surface area contributed by atoms with Crippen molar-refractivity contribution in [2.75, 3.05) is 30.8 Å². The minimum absolute atomic E-state index is 0.431. The van der Waals surface area contributed by atoms with Gasteiger partial charge in [0.05, 0.1) is 6.61 Å². The lowest BCUT2D eigenvalue weighted by atomic mass is 10.2. The molecule has 5 nitrogen and oxygen atoms in total. The Morgan fingerprint density at radius 1 is 1.50 bits per heavy atom. The molecule has 0 aliphatic heterocycles. The Kier molecular flexibility index (Phi) is 5.48. The molecule has 90 valence electrons. The second-order valence-corrected chi connectivity index (χ2v) is 4.61. The number of hydrogen-bond acceptors (Lipinski definition) is 5. The van der Waals surface area contributed by atoms with Crippen molar-refractivity contribution in [1.29, 1.82) is 0 Å². The molecule has 1 aromatic heterocycles. The maximum atomic E-state index is 5.62. The number of nitrogens with two attached hydrogens (primary N) is 1. The molecule has 0 saturated carbocycles. The summed E-state index contributed by atoms with van der Waals surface area (Å²) < 4.78 is 6.13. The van der Waals surface area contributed by atoms with Gasteiger partial charge in [-0.25, -0.2) is 9.97 Å². The highest BCUT2D eigenvalue weighted by Gasteiger charge is 2.04. The van der Waals surface area contributed by atoms with Crippen molar-refractivity contribution in [3.63, 3.8) is 0 Å². The number of nitrogens with one attached hydrogen (secondary N) is 1. The first-order valence-electron chi connectivity index (χ1n) is 5.19. The summed E-state index contributed by atoms with van der Waals surface area (Å²) in [6, 6.07) is 0. The van der Waals surface area contributed by atoms with Crippen molar-refractivity contribution in [1.82, 2.24) is 9.97 Å². The average Bonchev–Trinajstić information content (AvgIpc) is 2.23. The number of anilines is 2. The van der Waals surface area contributed by atoms with Crippen molar-refractivity contribution in [3.8, 4) is 0 Å². The second-order valence-electron chi connectivity index (χ2n) is 3.82. The summed E-state index contributed by atoms with van der Waals surface area (Å²) in [6.07, 6.45) is 1.43. The van der Waals surface area contributed by atoms with Gasteiger partial charge in [0.25, 0.3) is 0 Å². The lowest BCUT2D eigenvalue weighted by molar-refractivity contribution is 0.118. The Morgan fingerprint density at radius 2 is 2.25 bits per heavy atom. The Balaban J connectivity index is 2.29. The van der Waals surface area contributed by atoms with Gasteiger partial charge in [-0.15, -0.1) is 0 Å². The van der Waals surface area contributed by atoms with E-state index in [0.717, 1.165) is 6.61 Å². The van der Waals surface area contributed by atoms with Crippen LogP contribution in [0.4, 0.5) is 11.6 Å². The zero-order valence-electron chi connectivity index (χ0n) is 9.53. The third-order valence-electron chi connectivity index (χ3n) is 1.81. The van der Waals surface area contributed by atoms with Gasteiger partial charge in [0.1, 0.15) is 22.4 Å². The van der Waals surface area contributed by atoms with Crippen molar-refractivity contribution >= 4 is 27.6 Å². The summed E-state index contributed by atoms with van der Waals surface area (Å²) in [5.74, 6) is 1.68. The van der Waals surface area contributed by atoms with E-state index in [1.165, 1.54) is 6.33 Å². The van der Waals surface area contributed by atoms with Crippen LogP contribution in [0, 0.1) is 5.92 Å². The molecular formula is C10H17BrN4O. The van der Waals surface area contributed by atoms with Gasteiger partial charge in [-0.2, -0.15) is 0 Å². The Bertz CT molecular complexity index is 333. The Morgan fingerprint density at radius 3 is 2.94 bits per heavy atom. The number of halogens is 1. The topological polar surface area (TPSA) is 73.1 Å². The minimum Gasteiger partial charge on any atom is -0.383 e. The molecule has 0 amide bonds. The third-order valence-corrected chi connectivity index (χ3v) is 2.59. The first-order valence-corrected chi connectivity index (χ1v) is 5.98. The molecule has 1 aromatic rings. The van der Waals surface area contributed by atoms with Gasteiger partial charge in [0.2, 0.25) is 0 Å². The van der Waals surface area contributed by atoms with Crippen LogP contribution in [0.1, 0.15) is 13.8 Å². The first kappa shape index (κ1) is 13.2. The number of nitrogens with zero attached hydrogens (tertiary/aromatic N) is 2. The van der Waals surface area contributed by atoms with Gasteiger partial charge in [0.15, 0.2) is 0 Å². The predicted molar refractivity (Wildman–Crippen MR) is 68.3 cm³/mol. The molecule has 6 heteroatoms. The van der Waals surface area contributed by atoms with Crippen LogP contribution in [-0.4, -0.2) is 29.7 Å². The highest BCUT2D eigenvalue weighted by atomic mass is 79.9. The van der Waals surface area contributed by atoms with E-state index < -0.39 is 0 Å². The Labute approximate surface area is 104 Å². The molecule has 0 radical (unpaired) electrons. The maximum absolute atomic E-state index is 5.62. The molecule has 0 aromatic carbocycles. The van der Waals surface area contributed by atoms with Crippen LogP contribution in [-0.2, 0) is 4.74 Å². The second kappa shape index (κ2) is 6.65. The van der Waals surface area contributed by atoms with Gasteiger partial charge in [-0.05, 0) is 21.8 Å². The smallest absolute Gasteiger partial charge is 0.146 e. The fourth-order valence-corrected chi connectivity index (χ4v) is 1.41. The third kappa shape index (κ3) is 4.32. The van der Waals surface area contributed by atoms with Gasteiger partial charge in [-0.1, -0.05) is 13.8 Å². The number of aromatic nitrogens is 2. The Hall–Kier alpha value is -0.880. The number of hydrogen-bond donors (Lipinski definition) is 2. The highest BCUT2D eigenvalue weighted by Crippen LogP contribution is 2.23. The number of nitrogen functional groups attached to an aromatic ring is 1. The minimum atomic E-state index is 0.431. The predicted octanol–water partition coefficient (Wildman–Crippen LogP) is 1.91.